The van der Waals surface area contributed by atoms with Gasteiger partial charge in [-0.15, -0.1) is 0 Å². The summed E-state index contributed by atoms with van der Waals surface area (Å²) >= 11 is 0. The highest BCUT2D eigenvalue weighted by molar-refractivity contribution is 5.78. The summed E-state index contributed by atoms with van der Waals surface area (Å²) in [5.74, 6) is 2.58. The lowest BCUT2D eigenvalue weighted by molar-refractivity contribution is -0.137. The number of hydrogen-bond acceptors (Lipinski definition) is 3. The zero-order valence-electron chi connectivity index (χ0n) is 17.5. The Kier molecular flexibility index (Phi) is 7.57. The number of hydrogen-bond donors (Lipinski definition) is 0. The van der Waals surface area contributed by atoms with Crippen LogP contribution in [0.15, 0.2) is 0 Å². The second kappa shape index (κ2) is 9.90. The minimum atomic E-state index is 0.269. The molecule has 1 aliphatic carbocycles. The summed E-state index contributed by atoms with van der Waals surface area (Å²) in [5.41, 5.74) is 0. The molecule has 3 rings (SSSR count). The number of likely N-dealkylation sites (tertiary alicyclic amines) is 1. The monoisotopic (exact) mass is 377 g/mol. The Hall–Kier alpha value is -1.10. The molecule has 154 valence electrons. The van der Waals surface area contributed by atoms with Gasteiger partial charge in [0.15, 0.2) is 0 Å². The molecule has 0 N–H and O–H groups in total. The second-order valence-electron chi connectivity index (χ2n) is 9.44. The smallest absolute Gasteiger partial charge is 0.236 e. The minimum Gasteiger partial charge on any atom is -0.341 e. The predicted octanol–water partition coefficient (Wildman–Crippen LogP) is 3.00. The average Bonchev–Trinajstić information content (AvgIpc) is 2.66. The number of carbonyl (C=O) groups is 2. The van der Waals surface area contributed by atoms with Gasteiger partial charge in [-0.1, -0.05) is 46.0 Å². The Morgan fingerprint density at radius 2 is 1.44 bits per heavy atom. The van der Waals surface area contributed by atoms with Crippen LogP contribution in [-0.2, 0) is 9.59 Å². The van der Waals surface area contributed by atoms with Gasteiger partial charge >= 0.3 is 0 Å². The van der Waals surface area contributed by atoms with Crippen molar-refractivity contribution in [1.29, 1.82) is 0 Å². The number of piperidine rings is 1. The Morgan fingerprint density at radius 1 is 0.815 bits per heavy atom. The number of nitrogens with zero attached hydrogens (tertiary/aromatic N) is 3. The molecular formula is C22H39N3O2. The number of rotatable bonds is 5. The molecule has 2 atom stereocenters. The van der Waals surface area contributed by atoms with E-state index < -0.39 is 0 Å². The highest BCUT2D eigenvalue weighted by Crippen LogP contribution is 2.27. The first-order valence-corrected chi connectivity index (χ1v) is 11.3. The molecule has 2 unspecified atom stereocenters. The largest absolute Gasteiger partial charge is 0.341 e. The SMILES string of the molecule is CC1CC(C)CN(C(=O)CN2CCN(C(=O)CCC3CCCCC3)CC2)C1. The van der Waals surface area contributed by atoms with Gasteiger partial charge in [-0.05, 0) is 30.6 Å². The maximum atomic E-state index is 12.7. The number of piperazine rings is 1. The molecule has 0 aromatic rings. The van der Waals surface area contributed by atoms with Crippen LogP contribution in [0, 0.1) is 17.8 Å². The lowest BCUT2D eigenvalue weighted by Crippen LogP contribution is -2.53. The van der Waals surface area contributed by atoms with Gasteiger partial charge in [-0.25, -0.2) is 0 Å². The molecule has 2 heterocycles. The van der Waals surface area contributed by atoms with Crippen molar-refractivity contribution in [3.05, 3.63) is 0 Å². The van der Waals surface area contributed by atoms with Gasteiger partial charge in [0, 0.05) is 45.7 Å². The maximum Gasteiger partial charge on any atom is 0.236 e. The van der Waals surface area contributed by atoms with Crippen molar-refractivity contribution >= 4 is 11.8 Å². The van der Waals surface area contributed by atoms with E-state index in [2.05, 4.69) is 23.6 Å². The molecule has 0 bridgehead atoms. The van der Waals surface area contributed by atoms with Crippen LogP contribution >= 0.6 is 0 Å². The molecule has 0 radical (unpaired) electrons. The van der Waals surface area contributed by atoms with Gasteiger partial charge in [0.1, 0.15) is 0 Å². The molecule has 5 nitrogen and oxygen atoms in total. The number of carbonyl (C=O) groups excluding carboxylic acids is 2. The second-order valence-corrected chi connectivity index (χ2v) is 9.44. The molecule has 1 saturated carbocycles. The van der Waals surface area contributed by atoms with E-state index in [1.165, 1.54) is 38.5 Å². The summed E-state index contributed by atoms with van der Waals surface area (Å²) in [5, 5.41) is 0. The Morgan fingerprint density at radius 3 is 2.07 bits per heavy atom. The van der Waals surface area contributed by atoms with Crippen molar-refractivity contribution in [2.24, 2.45) is 17.8 Å². The lowest BCUT2D eigenvalue weighted by Gasteiger charge is -2.38. The van der Waals surface area contributed by atoms with Crippen LogP contribution in [0.25, 0.3) is 0 Å². The average molecular weight is 378 g/mol. The topological polar surface area (TPSA) is 43.9 Å². The normalized spacial score (nSPS) is 28.4. The summed E-state index contributed by atoms with van der Waals surface area (Å²) < 4.78 is 0. The zero-order valence-corrected chi connectivity index (χ0v) is 17.5. The van der Waals surface area contributed by atoms with Crippen molar-refractivity contribution in [2.75, 3.05) is 45.8 Å². The lowest BCUT2D eigenvalue weighted by atomic mass is 9.86. The quantitative estimate of drug-likeness (QED) is 0.740. The van der Waals surface area contributed by atoms with E-state index in [1.54, 1.807) is 0 Å². The number of amides is 2. The third-order valence-electron chi connectivity index (χ3n) is 6.80. The molecular weight excluding hydrogens is 338 g/mol. The van der Waals surface area contributed by atoms with Gasteiger partial charge in [-0.2, -0.15) is 0 Å². The van der Waals surface area contributed by atoms with Crippen LogP contribution in [0.4, 0.5) is 0 Å². The molecule has 2 saturated heterocycles. The highest BCUT2D eigenvalue weighted by Gasteiger charge is 2.28. The van der Waals surface area contributed by atoms with E-state index in [0.29, 0.717) is 30.7 Å². The van der Waals surface area contributed by atoms with E-state index in [-0.39, 0.29) is 5.91 Å². The van der Waals surface area contributed by atoms with Crippen molar-refractivity contribution in [1.82, 2.24) is 14.7 Å². The molecule has 3 fully saturated rings. The molecule has 0 spiro atoms. The summed E-state index contributed by atoms with van der Waals surface area (Å²) in [7, 11) is 0. The van der Waals surface area contributed by atoms with E-state index in [4.69, 9.17) is 0 Å². The van der Waals surface area contributed by atoms with Crippen LogP contribution in [0.3, 0.4) is 0 Å². The molecule has 0 aromatic carbocycles. The first-order valence-electron chi connectivity index (χ1n) is 11.3. The van der Waals surface area contributed by atoms with E-state index in [9.17, 15) is 9.59 Å². The molecule has 27 heavy (non-hydrogen) atoms. The van der Waals surface area contributed by atoms with Crippen LogP contribution in [0.5, 0.6) is 0 Å². The Bertz CT molecular complexity index is 486. The zero-order chi connectivity index (χ0) is 19.2. The molecule has 0 aromatic heterocycles. The van der Waals surface area contributed by atoms with Crippen LogP contribution in [0.2, 0.25) is 0 Å². The summed E-state index contributed by atoms with van der Waals surface area (Å²) in [6.45, 7) is 10.0. The third-order valence-corrected chi connectivity index (χ3v) is 6.80. The summed E-state index contributed by atoms with van der Waals surface area (Å²) in [4.78, 5) is 31.5. The van der Waals surface area contributed by atoms with Gasteiger partial charge in [-0.3, -0.25) is 14.5 Å². The standard InChI is InChI=1S/C22H39N3O2/c1-18-14-19(2)16-25(15-18)22(27)17-23-10-12-24(13-11-23)21(26)9-8-20-6-4-3-5-7-20/h18-20H,3-17H2,1-2H3. The Balaban J connectivity index is 1.35. The third kappa shape index (κ3) is 6.20. The minimum absolute atomic E-state index is 0.269. The maximum absolute atomic E-state index is 12.7. The van der Waals surface area contributed by atoms with E-state index in [0.717, 1.165) is 51.6 Å². The highest BCUT2D eigenvalue weighted by atomic mass is 16.2. The van der Waals surface area contributed by atoms with E-state index in [1.807, 2.05) is 4.90 Å². The van der Waals surface area contributed by atoms with Gasteiger partial charge in [0.2, 0.25) is 11.8 Å². The van der Waals surface area contributed by atoms with Gasteiger partial charge in [0.05, 0.1) is 6.54 Å². The van der Waals surface area contributed by atoms with Crippen molar-refractivity contribution < 1.29 is 9.59 Å². The Labute approximate surface area is 165 Å². The van der Waals surface area contributed by atoms with Crippen molar-refractivity contribution in [2.45, 2.75) is 65.2 Å². The van der Waals surface area contributed by atoms with Crippen LogP contribution < -0.4 is 0 Å². The fraction of sp³-hybridized carbons (Fsp3) is 0.909. The fourth-order valence-electron chi connectivity index (χ4n) is 5.27. The first kappa shape index (κ1) is 20.6. The van der Waals surface area contributed by atoms with Gasteiger partial charge < -0.3 is 9.80 Å². The molecule has 5 heteroatoms. The molecule has 3 aliphatic rings. The van der Waals surface area contributed by atoms with Crippen LogP contribution in [-0.4, -0.2) is 72.3 Å². The van der Waals surface area contributed by atoms with Crippen LogP contribution in [0.1, 0.15) is 65.2 Å². The summed E-state index contributed by atoms with van der Waals surface area (Å²) in [6.07, 6.45) is 9.72. The summed E-state index contributed by atoms with van der Waals surface area (Å²) in [6, 6.07) is 0. The first-order chi connectivity index (χ1) is 13.0. The fourth-order valence-corrected chi connectivity index (χ4v) is 5.27. The molecule has 2 amide bonds. The van der Waals surface area contributed by atoms with Crippen molar-refractivity contribution in [3.63, 3.8) is 0 Å². The predicted molar refractivity (Wildman–Crippen MR) is 108 cm³/mol. The van der Waals surface area contributed by atoms with E-state index >= 15 is 0 Å². The molecule has 2 aliphatic heterocycles. The van der Waals surface area contributed by atoms with Crippen molar-refractivity contribution in [3.8, 4) is 0 Å². The van der Waals surface area contributed by atoms with Gasteiger partial charge in [0.25, 0.3) is 0 Å².